The Balaban J connectivity index is 1.25. The predicted octanol–water partition coefficient (Wildman–Crippen LogP) is 4.00. The van der Waals surface area contributed by atoms with Crippen LogP contribution in [0.3, 0.4) is 0 Å². The molecule has 1 N–H and O–H groups in total. The number of carbonyl (C=O) groups is 1. The van der Waals surface area contributed by atoms with Crippen LogP contribution in [-0.4, -0.2) is 61.6 Å². The van der Waals surface area contributed by atoms with Crippen LogP contribution >= 0.6 is 11.3 Å². The Kier molecular flexibility index (Phi) is 8.74. The molecular formula is C26H37N3O2S. The zero-order valence-corrected chi connectivity index (χ0v) is 20.1. The molecule has 2 bridgehead atoms. The van der Waals surface area contributed by atoms with E-state index in [1.54, 1.807) is 18.4 Å². The minimum atomic E-state index is 0.249. The van der Waals surface area contributed by atoms with E-state index in [1.165, 1.54) is 23.4 Å². The largest absolute Gasteiger partial charge is 0.383 e. The number of carbonyl (C=O) groups excluding carboxylic acids is 1. The van der Waals surface area contributed by atoms with Crippen molar-refractivity contribution in [2.24, 2.45) is 11.8 Å². The first-order valence-corrected chi connectivity index (χ1v) is 12.9. The molecule has 1 amide bonds. The lowest BCUT2D eigenvalue weighted by Crippen LogP contribution is -2.55. The van der Waals surface area contributed by atoms with Crippen molar-refractivity contribution >= 4 is 17.2 Å². The summed E-state index contributed by atoms with van der Waals surface area (Å²) in [4.78, 5) is 18.8. The van der Waals surface area contributed by atoms with Crippen molar-refractivity contribution in [2.75, 3.05) is 39.9 Å². The Morgan fingerprint density at radius 3 is 2.88 bits per heavy atom. The van der Waals surface area contributed by atoms with Crippen molar-refractivity contribution in [1.82, 2.24) is 15.1 Å². The molecule has 3 atom stereocenters. The third-order valence-electron chi connectivity index (χ3n) is 6.88. The molecule has 6 heteroatoms. The number of amides is 1. The van der Waals surface area contributed by atoms with Gasteiger partial charge in [0, 0.05) is 50.6 Å². The molecule has 0 radical (unpaired) electrons. The SMILES string of the molecule is COCCN(Cc1cccs1)C(=O)CCC[C@H]1NCC2CC1CN(Cc1ccccc1)C2. The summed E-state index contributed by atoms with van der Waals surface area (Å²) in [5.41, 5.74) is 1.41. The molecule has 2 aromatic rings. The minimum absolute atomic E-state index is 0.249. The van der Waals surface area contributed by atoms with E-state index < -0.39 is 0 Å². The van der Waals surface area contributed by atoms with Crippen molar-refractivity contribution in [3.63, 3.8) is 0 Å². The molecule has 0 aliphatic carbocycles. The summed E-state index contributed by atoms with van der Waals surface area (Å²) in [6, 6.07) is 15.5. The molecule has 3 heterocycles. The first-order valence-electron chi connectivity index (χ1n) is 12.0. The number of nitrogens with one attached hydrogen (secondary N) is 1. The number of methoxy groups -OCH3 is 1. The van der Waals surface area contributed by atoms with Crippen LogP contribution in [0.5, 0.6) is 0 Å². The number of fused-ring (bicyclic) bond motifs is 2. The summed E-state index contributed by atoms with van der Waals surface area (Å²) in [5, 5.41) is 5.88. The summed E-state index contributed by atoms with van der Waals surface area (Å²) in [6.07, 6.45) is 3.98. The molecule has 4 rings (SSSR count). The molecule has 0 spiro atoms. The van der Waals surface area contributed by atoms with E-state index in [2.05, 4.69) is 52.0 Å². The molecule has 174 valence electrons. The summed E-state index contributed by atoms with van der Waals surface area (Å²) in [7, 11) is 1.70. The van der Waals surface area contributed by atoms with Crippen LogP contribution in [-0.2, 0) is 22.6 Å². The van der Waals surface area contributed by atoms with E-state index >= 15 is 0 Å². The van der Waals surface area contributed by atoms with E-state index in [4.69, 9.17) is 4.74 Å². The van der Waals surface area contributed by atoms with Gasteiger partial charge < -0.3 is 15.0 Å². The number of nitrogens with zero attached hydrogens (tertiary/aromatic N) is 2. The number of thiophene rings is 1. The van der Waals surface area contributed by atoms with Gasteiger partial charge in [-0.25, -0.2) is 0 Å². The van der Waals surface area contributed by atoms with Crippen LogP contribution in [0.1, 0.15) is 36.1 Å². The average molecular weight is 456 g/mol. The van der Waals surface area contributed by atoms with Crippen LogP contribution in [0.2, 0.25) is 0 Å². The van der Waals surface area contributed by atoms with Crippen LogP contribution in [0, 0.1) is 11.8 Å². The van der Waals surface area contributed by atoms with Gasteiger partial charge in [0.05, 0.1) is 13.2 Å². The number of benzene rings is 1. The van der Waals surface area contributed by atoms with E-state index in [0.29, 0.717) is 38.1 Å². The molecule has 1 aromatic heterocycles. The van der Waals surface area contributed by atoms with Crippen molar-refractivity contribution in [2.45, 2.75) is 44.8 Å². The number of rotatable bonds is 11. The van der Waals surface area contributed by atoms with Crippen LogP contribution in [0.15, 0.2) is 47.8 Å². The fourth-order valence-corrected chi connectivity index (χ4v) is 6.02. The standard InChI is InChI=1S/C26H37N3O2S/c1-31-13-12-29(20-24-9-6-14-32-24)26(30)11-5-10-25-23-15-22(16-27-25)18-28(19-23)17-21-7-3-2-4-8-21/h2-4,6-9,14,22-23,25,27H,5,10-13,15-20H2,1H3/t22?,23?,25-/m1/s1. The Labute approximate surface area is 196 Å². The van der Waals surface area contributed by atoms with E-state index in [-0.39, 0.29) is 5.91 Å². The smallest absolute Gasteiger partial charge is 0.222 e. The van der Waals surface area contributed by atoms with Crippen LogP contribution in [0.25, 0.3) is 0 Å². The average Bonchev–Trinajstić information content (AvgIpc) is 3.32. The normalized spacial score (nSPS) is 23.2. The van der Waals surface area contributed by atoms with Gasteiger partial charge in [-0.1, -0.05) is 36.4 Å². The fourth-order valence-electron chi connectivity index (χ4n) is 5.30. The zero-order chi connectivity index (χ0) is 22.2. The topological polar surface area (TPSA) is 44.8 Å². The molecule has 32 heavy (non-hydrogen) atoms. The van der Waals surface area contributed by atoms with Gasteiger partial charge in [-0.05, 0) is 54.7 Å². The van der Waals surface area contributed by atoms with E-state index in [1.807, 2.05) is 11.0 Å². The van der Waals surface area contributed by atoms with Gasteiger partial charge in [-0.15, -0.1) is 11.3 Å². The Hall–Kier alpha value is -1.73. The molecule has 5 nitrogen and oxygen atoms in total. The highest BCUT2D eigenvalue weighted by Crippen LogP contribution is 2.31. The molecule has 2 fully saturated rings. The number of piperidine rings is 2. The molecule has 2 aliphatic heterocycles. The number of hydrogen-bond acceptors (Lipinski definition) is 5. The quantitative estimate of drug-likeness (QED) is 0.556. The van der Waals surface area contributed by atoms with Crippen molar-refractivity contribution in [3.8, 4) is 0 Å². The van der Waals surface area contributed by atoms with Crippen molar-refractivity contribution in [3.05, 3.63) is 58.3 Å². The van der Waals surface area contributed by atoms with Gasteiger partial charge in [0.1, 0.15) is 0 Å². The summed E-state index contributed by atoms with van der Waals surface area (Å²) in [5.74, 6) is 1.70. The molecule has 2 saturated heterocycles. The van der Waals surface area contributed by atoms with Gasteiger partial charge in [0.25, 0.3) is 0 Å². The highest BCUT2D eigenvalue weighted by Gasteiger charge is 2.36. The second-order valence-electron chi connectivity index (χ2n) is 9.34. The van der Waals surface area contributed by atoms with Crippen LogP contribution in [0.4, 0.5) is 0 Å². The number of likely N-dealkylation sites (tertiary alicyclic amines) is 1. The second-order valence-corrected chi connectivity index (χ2v) is 10.4. The summed E-state index contributed by atoms with van der Waals surface area (Å²) < 4.78 is 5.23. The lowest BCUT2D eigenvalue weighted by molar-refractivity contribution is -0.132. The number of hydrogen-bond donors (Lipinski definition) is 1. The number of ether oxygens (including phenoxy) is 1. The maximum atomic E-state index is 12.9. The van der Waals surface area contributed by atoms with Gasteiger partial charge in [-0.3, -0.25) is 9.69 Å². The van der Waals surface area contributed by atoms with Crippen LogP contribution < -0.4 is 5.32 Å². The highest BCUT2D eigenvalue weighted by molar-refractivity contribution is 7.09. The fraction of sp³-hybridized carbons (Fsp3) is 0.577. The van der Waals surface area contributed by atoms with Gasteiger partial charge in [0.2, 0.25) is 5.91 Å². The first kappa shape index (κ1) is 23.4. The third-order valence-corrected chi connectivity index (χ3v) is 7.74. The molecule has 2 aliphatic rings. The Morgan fingerprint density at radius 2 is 2.09 bits per heavy atom. The monoisotopic (exact) mass is 455 g/mol. The summed E-state index contributed by atoms with van der Waals surface area (Å²) >= 11 is 1.71. The summed E-state index contributed by atoms with van der Waals surface area (Å²) in [6.45, 7) is 6.46. The molecule has 1 aromatic carbocycles. The minimum Gasteiger partial charge on any atom is -0.383 e. The van der Waals surface area contributed by atoms with Gasteiger partial charge in [-0.2, -0.15) is 0 Å². The second kappa shape index (κ2) is 11.9. The van der Waals surface area contributed by atoms with E-state index in [0.717, 1.165) is 38.4 Å². The highest BCUT2D eigenvalue weighted by atomic mass is 32.1. The third kappa shape index (κ3) is 6.64. The molecule has 2 unspecified atom stereocenters. The van der Waals surface area contributed by atoms with Gasteiger partial charge >= 0.3 is 0 Å². The predicted molar refractivity (Wildman–Crippen MR) is 131 cm³/mol. The Bertz CT molecular complexity index is 814. The molecule has 0 saturated carbocycles. The maximum Gasteiger partial charge on any atom is 0.222 e. The lowest BCUT2D eigenvalue weighted by atomic mass is 9.79. The molecular weight excluding hydrogens is 418 g/mol. The van der Waals surface area contributed by atoms with Crippen molar-refractivity contribution < 1.29 is 9.53 Å². The maximum absolute atomic E-state index is 12.9. The Morgan fingerprint density at radius 1 is 1.22 bits per heavy atom. The first-order chi connectivity index (χ1) is 15.7. The van der Waals surface area contributed by atoms with E-state index in [9.17, 15) is 4.79 Å². The van der Waals surface area contributed by atoms with Crippen molar-refractivity contribution in [1.29, 1.82) is 0 Å². The zero-order valence-electron chi connectivity index (χ0n) is 19.2. The lowest BCUT2D eigenvalue weighted by Gasteiger charge is -2.46. The van der Waals surface area contributed by atoms with Gasteiger partial charge in [0.15, 0.2) is 0 Å².